The average molecular weight is 295 g/mol. The molecule has 0 fully saturated rings. The third-order valence-corrected chi connectivity index (χ3v) is 4.69. The van der Waals surface area contributed by atoms with Gasteiger partial charge in [-0.05, 0) is 39.6 Å². The lowest BCUT2D eigenvalue weighted by Crippen LogP contribution is -2.48. The molecular formula is C14H21N3O2S. The van der Waals surface area contributed by atoms with E-state index in [1.54, 1.807) is 24.3 Å². The first-order valence-corrected chi connectivity index (χ1v) is 7.96. The lowest BCUT2D eigenvalue weighted by atomic mass is 10.1. The summed E-state index contributed by atoms with van der Waals surface area (Å²) in [5.41, 5.74) is 0.636. The van der Waals surface area contributed by atoms with Crippen molar-refractivity contribution in [2.45, 2.75) is 25.1 Å². The number of nitriles is 1. The Hall–Kier alpha value is -1.42. The molecule has 110 valence electrons. The van der Waals surface area contributed by atoms with E-state index in [-0.39, 0.29) is 11.3 Å². The van der Waals surface area contributed by atoms with Gasteiger partial charge in [-0.2, -0.15) is 5.26 Å². The molecule has 0 unspecified atom stereocenters. The fraction of sp³-hybridized carbons (Fsp3) is 0.500. The quantitative estimate of drug-likeness (QED) is 0.859. The largest absolute Gasteiger partial charge is 0.303 e. The summed E-state index contributed by atoms with van der Waals surface area (Å²) in [5.74, 6) is -0.180. The Kier molecular flexibility index (Phi) is 5.28. The minimum absolute atomic E-state index is 0.180. The van der Waals surface area contributed by atoms with Gasteiger partial charge in [0.15, 0.2) is 0 Å². The first kappa shape index (κ1) is 16.6. The Balaban J connectivity index is 2.79. The van der Waals surface area contributed by atoms with Gasteiger partial charge in [0.25, 0.3) is 0 Å². The molecule has 1 aromatic carbocycles. The molecule has 0 saturated carbocycles. The Morgan fingerprint density at radius 1 is 1.30 bits per heavy atom. The van der Waals surface area contributed by atoms with Crippen LogP contribution in [0, 0.1) is 11.3 Å². The smallest absolute Gasteiger partial charge is 0.215 e. The van der Waals surface area contributed by atoms with Crippen LogP contribution < -0.4 is 4.72 Å². The number of likely N-dealkylation sites (N-methyl/N-ethyl adjacent to an activating group) is 1. The molecule has 1 aromatic rings. The molecule has 0 amide bonds. The molecule has 0 aliphatic heterocycles. The standard InChI is InChI=1S/C14H21N3O2S/c1-14(2,17(3)4)11-16-20(18,19)10-13-8-6-5-7-12(13)9-15/h5-8,16H,10-11H2,1-4H3. The summed E-state index contributed by atoms with van der Waals surface area (Å²) < 4.78 is 26.8. The van der Waals surface area contributed by atoms with Crippen LogP contribution in [0.3, 0.4) is 0 Å². The van der Waals surface area contributed by atoms with Crippen molar-refractivity contribution >= 4 is 10.0 Å². The van der Waals surface area contributed by atoms with E-state index >= 15 is 0 Å². The van der Waals surface area contributed by atoms with Crippen molar-refractivity contribution in [2.75, 3.05) is 20.6 Å². The lowest BCUT2D eigenvalue weighted by molar-refractivity contribution is 0.199. The van der Waals surface area contributed by atoms with E-state index in [1.165, 1.54) is 0 Å². The van der Waals surface area contributed by atoms with E-state index in [2.05, 4.69) is 4.72 Å². The van der Waals surface area contributed by atoms with Gasteiger partial charge in [0, 0.05) is 12.1 Å². The van der Waals surface area contributed by atoms with Crippen molar-refractivity contribution in [3.8, 4) is 6.07 Å². The molecule has 0 bridgehead atoms. The Morgan fingerprint density at radius 2 is 1.90 bits per heavy atom. The molecule has 0 aromatic heterocycles. The van der Waals surface area contributed by atoms with Crippen molar-refractivity contribution in [3.63, 3.8) is 0 Å². The van der Waals surface area contributed by atoms with Crippen LogP contribution in [0.15, 0.2) is 24.3 Å². The van der Waals surface area contributed by atoms with Crippen molar-refractivity contribution in [2.24, 2.45) is 0 Å². The third kappa shape index (κ3) is 4.60. The first-order valence-electron chi connectivity index (χ1n) is 6.31. The van der Waals surface area contributed by atoms with Crippen LogP contribution in [-0.4, -0.2) is 39.5 Å². The van der Waals surface area contributed by atoms with Crippen LogP contribution in [0.4, 0.5) is 0 Å². The molecular weight excluding hydrogens is 274 g/mol. The van der Waals surface area contributed by atoms with E-state index < -0.39 is 10.0 Å². The zero-order chi connectivity index (χ0) is 15.4. The molecule has 20 heavy (non-hydrogen) atoms. The van der Waals surface area contributed by atoms with E-state index in [9.17, 15) is 8.42 Å². The molecule has 5 nitrogen and oxygen atoms in total. The highest BCUT2D eigenvalue weighted by Crippen LogP contribution is 2.13. The van der Waals surface area contributed by atoms with Gasteiger partial charge in [0.2, 0.25) is 10.0 Å². The highest BCUT2D eigenvalue weighted by Gasteiger charge is 2.23. The summed E-state index contributed by atoms with van der Waals surface area (Å²) in [5, 5.41) is 8.98. The minimum Gasteiger partial charge on any atom is -0.303 e. The number of rotatable bonds is 6. The maximum Gasteiger partial charge on any atom is 0.215 e. The zero-order valence-corrected chi connectivity index (χ0v) is 13.2. The average Bonchev–Trinajstić information content (AvgIpc) is 2.37. The lowest BCUT2D eigenvalue weighted by Gasteiger charge is -2.32. The molecule has 0 aliphatic carbocycles. The van der Waals surface area contributed by atoms with Crippen LogP contribution in [0.25, 0.3) is 0 Å². The topological polar surface area (TPSA) is 73.2 Å². The molecule has 0 radical (unpaired) electrons. The minimum atomic E-state index is -3.46. The number of nitrogens with one attached hydrogen (secondary N) is 1. The van der Waals surface area contributed by atoms with Crippen LogP contribution in [0.5, 0.6) is 0 Å². The second-order valence-corrected chi connectivity index (χ2v) is 7.36. The third-order valence-electron chi connectivity index (χ3n) is 3.42. The predicted molar refractivity (Wildman–Crippen MR) is 79.5 cm³/mol. The Morgan fingerprint density at radius 3 is 2.45 bits per heavy atom. The fourth-order valence-corrected chi connectivity index (χ4v) is 2.79. The van der Waals surface area contributed by atoms with Gasteiger partial charge in [-0.25, -0.2) is 13.1 Å². The van der Waals surface area contributed by atoms with Crippen LogP contribution >= 0.6 is 0 Å². The van der Waals surface area contributed by atoms with Gasteiger partial charge in [-0.15, -0.1) is 0 Å². The maximum atomic E-state index is 12.1. The summed E-state index contributed by atoms with van der Waals surface area (Å²) in [6, 6.07) is 8.74. The number of benzene rings is 1. The molecule has 0 heterocycles. The van der Waals surface area contributed by atoms with Crippen molar-refractivity contribution in [1.29, 1.82) is 5.26 Å². The van der Waals surface area contributed by atoms with Crippen LogP contribution in [0.2, 0.25) is 0 Å². The molecule has 1 rings (SSSR count). The molecule has 0 saturated heterocycles. The van der Waals surface area contributed by atoms with Gasteiger partial charge in [0.05, 0.1) is 17.4 Å². The van der Waals surface area contributed by atoms with Gasteiger partial charge in [0.1, 0.15) is 0 Å². The fourth-order valence-electron chi connectivity index (χ4n) is 1.46. The Bertz CT molecular complexity index is 601. The summed E-state index contributed by atoms with van der Waals surface area (Å²) >= 11 is 0. The van der Waals surface area contributed by atoms with Gasteiger partial charge in [-0.1, -0.05) is 18.2 Å². The van der Waals surface area contributed by atoms with Crippen molar-refractivity contribution in [1.82, 2.24) is 9.62 Å². The van der Waals surface area contributed by atoms with E-state index in [0.29, 0.717) is 17.7 Å². The van der Waals surface area contributed by atoms with Gasteiger partial charge in [-0.3, -0.25) is 0 Å². The van der Waals surface area contributed by atoms with Gasteiger partial charge < -0.3 is 4.90 Å². The first-order chi connectivity index (χ1) is 9.18. The van der Waals surface area contributed by atoms with Gasteiger partial charge >= 0.3 is 0 Å². The molecule has 0 spiro atoms. The van der Waals surface area contributed by atoms with E-state index in [4.69, 9.17) is 5.26 Å². The molecule has 1 N–H and O–H groups in total. The van der Waals surface area contributed by atoms with Crippen molar-refractivity contribution in [3.05, 3.63) is 35.4 Å². The number of hydrogen-bond acceptors (Lipinski definition) is 4. The van der Waals surface area contributed by atoms with Crippen molar-refractivity contribution < 1.29 is 8.42 Å². The Labute approximate surface area is 121 Å². The summed E-state index contributed by atoms with van der Waals surface area (Å²) in [4.78, 5) is 1.96. The summed E-state index contributed by atoms with van der Waals surface area (Å²) in [6.45, 7) is 4.23. The summed E-state index contributed by atoms with van der Waals surface area (Å²) in [7, 11) is 0.342. The zero-order valence-electron chi connectivity index (χ0n) is 12.3. The second-order valence-electron chi connectivity index (χ2n) is 5.56. The molecule has 6 heteroatoms. The predicted octanol–water partition coefficient (Wildman–Crippen LogP) is 1.32. The van der Waals surface area contributed by atoms with E-state index in [0.717, 1.165) is 0 Å². The van der Waals surface area contributed by atoms with Crippen LogP contribution in [0.1, 0.15) is 25.0 Å². The normalized spacial score (nSPS) is 12.4. The number of nitrogens with zero attached hydrogens (tertiary/aromatic N) is 2. The SMILES string of the molecule is CN(C)C(C)(C)CNS(=O)(=O)Cc1ccccc1C#N. The molecule has 0 atom stereocenters. The highest BCUT2D eigenvalue weighted by molar-refractivity contribution is 7.88. The monoisotopic (exact) mass is 295 g/mol. The number of sulfonamides is 1. The second kappa shape index (κ2) is 6.35. The van der Waals surface area contributed by atoms with Crippen LogP contribution in [-0.2, 0) is 15.8 Å². The van der Waals surface area contributed by atoms with E-state index in [1.807, 2.05) is 38.9 Å². The highest BCUT2D eigenvalue weighted by atomic mass is 32.2. The number of hydrogen-bond donors (Lipinski definition) is 1. The maximum absolute atomic E-state index is 12.1. The summed E-state index contributed by atoms with van der Waals surface area (Å²) in [6.07, 6.45) is 0. The molecule has 0 aliphatic rings.